The molecule has 2 aromatic carbocycles. The highest BCUT2D eigenvalue weighted by Gasteiger charge is 2.53. The zero-order valence-corrected chi connectivity index (χ0v) is 24.1. The lowest BCUT2D eigenvalue weighted by Crippen LogP contribution is -2.43. The number of methoxy groups -OCH3 is 2. The van der Waals surface area contributed by atoms with Crippen molar-refractivity contribution >= 4 is 11.9 Å². The molecule has 2 aromatic rings. The predicted molar refractivity (Wildman–Crippen MR) is 153 cm³/mol. The van der Waals surface area contributed by atoms with Gasteiger partial charge in [0.05, 0.1) is 32.8 Å². The fourth-order valence-electron chi connectivity index (χ4n) is 6.10. The number of phenols is 1. The molecule has 0 aromatic heterocycles. The molecule has 5 rings (SSSR count). The summed E-state index contributed by atoms with van der Waals surface area (Å²) in [5.74, 6) is -0.380. The molecular weight excluding hydrogens is 544 g/mol. The number of fused-ring (bicyclic) bond motifs is 3. The van der Waals surface area contributed by atoms with Crippen LogP contribution in [-0.2, 0) is 14.3 Å². The van der Waals surface area contributed by atoms with Gasteiger partial charge in [-0.15, -0.1) is 0 Å². The first-order valence-corrected chi connectivity index (χ1v) is 14.4. The van der Waals surface area contributed by atoms with Crippen LogP contribution in [0.5, 0.6) is 28.7 Å². The van der Waals surface area contributed by atoms with Crippen molar-refractivity contribution in [3.63, 3.8) is 0 Å². The molecule has 12 heteroatoms. The van der Waals surface area contributed by atoms with Crippen molar-refractivity contribution in [3.05, 3.63) is 41.0 Å². The molecule has 1 amide bonds. The third kappa shape index (κ3) is 6.06. The molecule has 1 aliphatic carbocycles. The predicted octanol–water partition coefficient (Wildman–Crippen LogP) is 1.54. The Morgan fingerprint density at radius 2 is 1.60 bits per heavy atom. The van der Waals surface area contributed by atoms with Crippen LogP contribution in [0, 0.1) is 11.8 Å². The Hall–Kier alpha value is -3.74. The SMILES string of the molecule is COc1cc(C2c3cc4c(cc3[C@@H](NC(=O)CCNCCCNCCCN)[C@H]3COC(=O)[C@H]23)OCO4)cc(OC)c1O. The van der Waals surface area contributed by atoms with E-state index in [4.69, 9.17) is 29.4 Å². The highest BCUT2D eigenvalue weighted by atomic mass is 16.7. The summed E-state index contributed by atoms with van der Waals surface area (Å²) < 4.78 is 27.8. The number of nitrogens with two attached hydrogens (primary N) is 1. The van der Waals surface area contributed by atoms with Gasteiger partial charge in [0.1, 0.15) is 0 Å². The third-order valence-corrected chi connectivity index (χ3v) is 8.16. The number of carbonyl (C=O) groups excluding carboxylic acids is 2. The molecular formula is C30H40N4O8. The van der Waals surface area contributed by atoms with E-state index in [2.05, 4.69) is 16.0 Å². The second-order valence-electron chi connectivity index (χ2n) is 10.7. The Bertz CT molecular complexity index is 1260. The van der Waals surface area contributed by atoms with E-state index < -0.39 is 17.9 Å². The second kappa shape index (κ2) is 13.5. The van der Waals surface area contributed by atoms with Crippen LogP contribution in [0.4, 0.5) is 0 Å². The van der Waals surface area contributed by atoms with Gasteiger partial charge in [-0.3, -0.25) is 9.59 Å². The maximum Gasteiger partial charge on any atom is 0.310 e. The van der Waals surface area contributed by atoms with Gasteiger partial charge in [-0.25, -0.2) is 0 Å². The van der Waals surface area contributed by atoms with Crippen LogP contribution >= 0.6 is 0 Å². The highest BCUT2D eigenvalue weighted by Crippen LogP contribution is 2.55. The van der Waals surface area contributed by atoms with Gasteiger partial charge in [-0.2, -0.15) is 0 Å². The molecule has 4 atom stereocenters. The van der Waals surface area contributed by atoms with Crippen LogP contribution in [0.25, 0.3) is 0 Å². The zero-order chi connectivity index (χ0) is 29.6. The molecule has 1 unspecified atom stereocenters. The van der Waals surface area contributed by atoms with Gasteiger partial charge in [0, 0.05) is 24.8 Å². The lowest BCUT2D eigenvalue weighted by molar-refractivity contribution is -0.141. The molecule has 0 saturated carbocycles. The molecule has 0 bridgehead atoms. The van der Waals surface area contributed by atoms with E-state index in [0.29, 0.717) is 36.6 Å². The van der Waals surface area contributed by atoms with Gasteiger partial charge in [-0.05, 0) is 80.0 Å². The van der Waals surface area contributed by atoms with Crippen molar-refractivity contribution < 1.29 is 38.4 Å². The van der Waals surface area contributed by atoms with Crippen LogP contribution in [0.3, 0.4) is 0 Å². The lowest BCUT2D eigenvalue weighted by atomic mass is 9.65. The molecule has 1 fully saturated rings. The largest absolute Gasteiger partial charge is 0.502 e. The van der Waals surface area contributed by atoms with E-state index >= 15 is 0 Å². The van der Waals surface area contributed by atoms with Crippen molar-refractivity contribution in [2.45, 2.75) is 31.2 Å². The molecule has 0 radical (unpaired) electrons. The standard InChI is InChI=1S/C30H40N4O8/c1-38-23-11-17(12-24(39-2)29(23)36)26-18-13-21-22(42-16-41-21)14-19(18)28(20-15-40-30(37)27(20)26)34-25(35)5-10-33-9-4-8-32-7-3-6-31/h11-14,20,26-28,32-33,36H,3-10,15-16,31H2,1-2H3,(H,34,35)/t20-,26?,27-,28+/m0/s1. The topological polar surface area (TPSA) is 163 Å². The third-order valence-electron chi connectivity index (χ3n) is 8.16. The quantitative estimate of drug-likeness (QED) is 0.162. The molecule has 12 nitrogen and oxygen atoms in total. The van der Waals surface area contributed by atoms with E-state index in [1.165, 1.54) is 14.2 Å². The molecule has 2 heterocycles. The minimum atomic E-state index is -0.591. The number of phenolic OH excluding ortho intramolecular Hbond substituents is 1. The number of rotatable bonds is 14. The summed E-state index contributed by atoms with van der Waals surface area (Å²) in [6.07, 6.45) is 2.20. The normalized spacial score (nSPS) is 21.8. The Morgan fingerprint density at radius 3 is 2.26 bits per heavy atom. The second-order valence-corrected chi connectivity index (χ2v) is 10.7. The fourth-order valence-corrected chi connectivity index (χ4v) is 6.10. The number of amides is 1. The number of carbonyl (C=O) groups is 2. The first kappa shape index (κ1) is 29.7. The van der Waals surface area contributed by atoms with Gasteiger partial charge >= 0.3 is 5.97 Å². The number of hydrogen-bond acceptors (Lipinski definition) is 11. The van der Waals surface area contributed by atoms with E-state index in [0.717, 1.165) is 43.6 Å². The maximum atomic E-state index is 13.3. The molecule has 0 spiro atoms. The van der Waals surface area contributed by atoms with Gasteiger partial charge in [0.15, 0.2) is 23.0 Å². The van der Waals surface area contributed by atoms with Crippen LogP contribution in [0.15, 0.2) is 24.3 Å². The van der Waals surface area contributed by atoms with Crippen molar-refractivity contribution in [1.29, 1.82) is 0 Å². The van der Waals surface area contributed by atoms with E-state index in [1.54, 1.807) is 12.1 Å². The molecule has 228 valence electrons. The van der Waals surface area contributed by atoms with Gasteiger partial charge in [0.2, 0.25) is 18.4 Å². The Balaban J connectivity index is 1.38. The number of aromatic hydroxyl groups is 1. The lowest BCUT2D eigenvalue weighted by Gasteiger charge is -2.39. The summed E-state index contributed by atoms with van der Waals surface area (Å²) in [7, 11) is 2.91. The summed E-state index contributed by atoms with van der Waals surface area (Å²) in [5.41, 5.74) is 7.85. The summed E-state index contributed by atoms with van der Waals surface area (Å²) in [4.78, 5) is 26.4. The van der Waals surface area contributed by atoms with Crippen molar-refractivity contribution in [1.82, 2.24) is 16.0 Å². The van der Waals surface area contributed by atoms with Crippen LogP contribution in [0.1, 0.15) is 47.9 Å². The first-order valence-electron chi connectivity index (χ1n) is 14.4. The van der Waals surface area contributed by atoms with Crippen molar-refractivity contribution in [3.8, 4) is 28.7 Å². The van der Waals surface area contributed by atoms with Crippen LogP contribution < -0.4 is 40.6 Å². The monoisotopic (exact) mass is 584 g/mol. The summed E-state index contributed by atoms with van der Waals surface area (Å²) in [5, 5.41) is 20.4. The number of nitrogens with one attached hydrogen (secondary N) is 3. The molecule has 6 N–H and O–H groups in total. The number of hydrogen-bond donors (Lipinski definition) is 5. The fraction of sp³-hybridized carbons (Fsp3) is 0.533. The van der Waals surface area contributed by atoms with Crippen LogP contribution in [0.2, 0.25) is 0 Å². The van der Waals surface area contributed by atoms with Crippen LogP contribution in [-0.4, -0.2) is 77.3 Å². The smallest absolute Gasteiger partial charge is 0.310 e. The Labute approximate surface area is 245 Å². The summed E-state index contributed by atoms with van der Waals surface area (Å²) in [6, 6.07) is 6.70. The maximum absolute atomic E-state index is 13.3. The molecule has 1 saturated heterocycles. The Kier molecular flexibility index (Phi) is 9.55. The van der Waals surface area contributed by atoms with Crippen molar-refractivity contribution in [2.24, 2.45) is 17.6 Å². The van der Waals surface area contributed by atoms with E-state index in [1.807, 2.05) is 12.1 Å². The Morgan fingerprint density at radius 1 is 0.952 bits per heavy atom. The summed E-state index contributed by atoms with van der Waals surface area (Å²) in [6.45, 7) is 4.07. The van der Waals surface area contributed by atoms with E-state index in [-0.39, 0.29) is 48.4 Å². The number of esters is 1. The first-order chi connectivity index (χ1) is 20.5. The van der Waals surface area contributed by atoms with Gasteiger partial charge < -0.3 is 50.5 Å². The molecule has 3 aliphatic rings. The minimum Gasteiger partial charge on any atom is -0.502 e. The number of ether oxygens (including phenoxy) is 5. The number of benzene rings is 2. The van der Waals surface area contributed by atoms with E-state index in [9.17, 15) is 14.7 Å². The highest BCUT2D eigenvalue weighted by molar-refractivity contribution is 5.81. The number of cyclic esters (lactones) is 1. The molecule has 2 aliphatic heterocycles. The van der Waals surface area contributed by atoms with Crippen molar-refractivity contribution in [2.75, 3.05) is 60.3 Å². The average molecular weight is 585 g/mol. The minimum absolute atomic E-state index is 0.0872. The van der Waals surface area contributed by atoms with Gasteiger partial charge in [0.25, 0.3) is 0 Å². The summed E-state index contributed by atoms with van der Waals surface area (Å²) >= 11 is 0. The zero-order valence-electron chi connectivity index (χ0n) is 24.1. The average Bonchev–Trinajstić information content (AvgIpc) is 3.62. The van der Waals surface area contributed by atoms with Gasteiger partial charge in [-0.1, -0.05) is 0 Å². The molecule has 42 heavy (non-hydrogen) atoms.